The van der Waals surface area contributed by atoms with Crippen molar-refractivity contribution in [3.05, 3.63) is 53.8 Å². The smallest absolute Gasteiger partial charge is 0.264 e. The van der Waals surface area contributed by atoms with Crippen LogP contribution < -0.4 is 4.31 Å². The highest BCUT2D eigenvalue weighted by Gasteiger charge is 2.33. The molecule has 2 aliphatic heterocycles. The Morgan fingerprint density at radius 3 is 2.21 bits per heavy atom. The molecule has 0 spiro atoms. The van der Waals surface area contributed by atoms with Crippen molar-refractivity contribution in [1.82, 2.24) is 4.31 Å². The molecule has 2 aromatic carbocycles. The number of halogens is 1. The lowest BCUT2D eigenvalue weighted by molar-refractivity contribution is 0.346. The Morgan fingerprint density at radius 1 is 0.786 bits per heavy atom. The summed E-state index contributed by atoms with van der Waals surface area (Å²) < 4.78 is 67.8. The Bertz CT molecular complexity index is 1110. The normalized spacial score (nSPS) is 18.2. The van der Waals surface area contributed by atoms with Crippen molar-refractivity contribution in [3.63, 3.8) is 0 Å². The largest absolute Gasteiger partial charge is 0.266 e. The van der Waals surface area contributed by atoms with Gasteiger partial charge < -0.3 is 0 Å². The van der Waals surface area contributed by atoms with Gasteiger partial charge in [-0.15, -0.1) is 0 Å². The number of hydrogen-bond donors (Lipinski definition) is 0. The molecule has 0 N–H and O–H groups in total. The molecule has 0 aromatic heterocycles. The van der Waals surface area contributed by atoms with Gasteiger partial charge in [0, 0.05) is 19.6 Å². The molecule has 28 heavy (non-hydrogen) atoms. The summed E-state index contributed by atoms with van der Waals surface area (Å²) in [5.74, 6) is -0.622. The molecule has 0 radical (unpaired) electrons. The third kappa shape index (κ3) is 3.31. The molecular weight excluding hydrogens is 403 g/mol. The lowest BCUT2D eigenvalue weighted by Crippen LogP contribution is -2.35. The van der Waals surface area contributed by atoms with Crippen LogP contribution in [0.1, 0.15) is 24.8 Å². The molecule has 9 heteroatoms. The lowest BCUT2D eigenvalue weighted by Gasteiger charge is -2.26. The molecule has 150 valence electrons. The van der Waals surface area contributed by atoms with Gasteiger partial charge in [-0.25, -0.2) is 21.2 Å². The predicted molar refractivity (Wildman–Crippen MR) is 104 cm³/mol. The maximum atomic E-state index is 13.5. The summed E-state index contributed by atoms with van der Waals surface area (Å²) in [5.41, 5.74) is 1.11. The monoisotopic (exact) mass is 424 g/mol. The minimum absolute atomic E-state index is 0.120. The number of rotatable bonds is 4. The van der Waals surface area contributed by atoms with Crippen LogP contribution in [-0.4, -0.2) is 40.8 Å². The van der Waals surface area contributed by atoms with E-state index >= 15 is 0 Å². The molecule has 1 saturated heterocycles. The molecule has 2 heterocycles. The molecular formula is C19H21FN2O4S2. The van der Waals surface area contributed by atoms with Crippen LogP contribution in [0.15, 0.2) is 52.3 Å². The average molecular weight is 425 g/mol. The zero-order valence-electron chi connectivity index (χ0n) is 15.2. The van der Waals surface area contributed by atoms with E-state index in [9.17, 15) is 21.2 Å². The molecule has 0 unspecified atom stereocenters. The molecule has 4 rings (SSSR count). The van der Waals surface area contributed by atoms with Gasteiger partial charge in [-0.05, 0) is 61.2 Å². The third-order valence-electron chi connectivity index (χ3n) is 5.24. The van der Waals surface area contributed by atoms with Crippen LogP contribution in [0, 0.1) is 5.82 Å². The van der Waals surface area contributed by atoms with Crippen LogP contribution in [0.4, 0.5) is 10.1 Å². The Kier molecular flexibility index (Phi) is 4.93. The van der Waals surface area contributed by atoms with E-state index in [1.165, 1.54) is 38.9 Å². The highest BCUT2D eigenvalue weighted by molar-refractivity contribution is 7.92. The summed E-state index contributed by atoms with van der Waals surface area (Å²) in [6.45, 7) is 1.22. The van der Waals surface area contributed by atoms with Gasteiger partial charge in [-0.2, -0.15) is 4.31 Å². The fourth-order valence-electron chi connectivity index (χ4n) is 3.77. The summed E-state index contributed by atoms with van der Waals surface area (Å²) >= 11 is 0. The Labute approximate surface area is 164 Å². The van der Waals surface area contributed by atoms with Crippen LogP contribution in [0.5, 0.6) is 0 Å². The van der Waals surface area contributed by atoms with E-state index < -0.39 is 25.9 Å². The molecule has 1 fully saturated rings. The van der Waals surface area contributed by atoms with Crippen LogP contribution in [0.3, 0.4) is 0 Å². The summed E-state index contributed by atoms with van der Waals surface area (Å²) in [6, 6.07) is 9.45. The summed E-state index contributed by atoms with van der Waals surface area (Å²) in [7, 11) is -7.49. The van der Waals surface area contributed by atoms with E-state index in [0.29, 0.717) is 30.8 Å². The number of hydrogen-bond acceptors (Lipinski definition) is 4. The van der Waals surface area contributed by atoms with Crippen molar-refractivity contribution in [2.75, 3.05) is 23.9 Å². The van der Waals surface area contributed by atoms with Crippen molar-refractivity contribution < 1.29 is 21.2 Å². The van der Waals surface area contributed by atoms with Crippen molar-refractivity contribution >= 4 is 25.7 Å². The van der Waals surface area contributed by atoms with Gasteiger partial charge in [0.2, 0.25) is 10.0 Å². The standard InChI is InChI=1S/C19H21FN2O4S2/c20-16-5-4-6-17(14-16)28(25,26)22-12-9-15-13-18(7-8-19(15)22)27(23,24)21-10-2-1-3-11-21/h4-8,13-14H,1-3,9-12H2. The van der Waals surface area contributed by atoms with Crippen LogP contribution in [0.2, 0.25) is 0 Å². The second-order valence-corrected chi connectivity index (χ2v) is 10.8. The van der Waals surface area contributed by atoms with Crippen molar-refractivity contribution in [2.45, 2.75) is 35.5 Å². The van der Waals surface area contributed by atoms with Gasteiger partial charge in [0.05, 0.1) is 15.5 Å². The number of anilines is 1. The summed E-state index contributed by atoms with van der Waals surface area (Å²) in [5, 5.41) is 0. The fourth-order valence-corrected chi connectivity index (χ4v) is 6.87. The second kappa shape index (κ2) is 7.13. The van der Waals surface area contributed by atoms with E-state index in [4.69, 9.17) is 0 Å². The zero-order valence-corrected chi connectivity index (χ0v) is 16.8. The number of nitrogens with zero attached hydrogens (tertiary/aromatic N) is 2. The quantitative estimate of drug-likeness (QED) is 0.756. The molecule has 0 amide bonds. The fraction of sp³-hybridized carbons (Fsp3) is 0.368. The van der Waals surface area contributed by atoms with E-state index in [1.807, 2.05) is 0 Å². The summed E-state index contributed by atoms with van der Waals surface area (Å²) in [6.07, 6.45) is 3.14. The maximum absolute atomic E-state index is 13.5. The van der Waals surface area contributed by atoms with Gasteiger partial charge in [-0.1, -0.05) is 12.5 Å². The van der Waals surface area contributed by atoms with Gasteiger partial charge in [-0.3, -0.25) is 4.31 Å². The number of sulfonamides is 2. The van der Waals surface area contributed by atoms with Crippen LogP contribution in [-0.2, 0) is 26.5 Å². The SMILES string of the molecule is O=S(=O)(c1ccc2c(c1)CCN2S(=O)(=O)c1cccc(F)c1)N1CCCCC1. The van der Waals surface area contributed by atoms with Crippen molar-refractivity contribution in [1.29, 1.82) is 0 Å². The first-order valence-corrected chi connectivity index (χ1v) is 12.1. The maximum Gasteiger partial charge on any atom is 0.264 e. The van der Waals surface area contributed by atoms with Crippen LogP contribution >= 0.6 is 0 Å². The number of fused-ring (bicyclic) bond motifs is 1. The highest BCUT2D eigenvalue weighted by atomic mass is 32.2. The van der Waals surface area contributed by atoms with Gasteiger partial charge in [0.1, 0.15) is 5.82 Å². The number of piperidine rings is 1. The third-order valence-corrected chi connectivity index (χ3v) is 8.94. The lowest BCUT2D eigenvalue weighted by atomic mass is 10.2. The van der Waals surface area contributed by atoms with Gasteiger partial charge in [0.15, 0.2) is 0 Å². The number of benzene rings is 2. The molecule has 0 aliphatic carbocycles. The van der Waals surface area contributed by atoms with E-state index in [0.717, 1.165) is 25.3 Å². The minimum atomic E-state index is -3.91. The first kappa shape index (κ1) is 19.4. The van der Waals surface area contributed by atoms with Gasteiger partial charge >= 0.3 is 0 Å². The topological polar surface area (TPSA) is 74.8 Å². The predicted octanol–water partition coefficient (Wildman–Crippen LogP) is 2.75. The Morgan fingerprint density at radius 2 is 1.50 bits per heavy atom. The van der Waals surface area contributed by atoms with Crippen molar-refractivity contribution in [2.24, 2.45) is 0 Å². The van der Waals surface area contributed by atoms with E-state index in [-0.39, 0.29) is 16.3 Å². The zero-order chi connectivity index (χ0) is 19.9. The first-order valence-electron chi connectivity index (χ1n) is 9.21. The summed E-state index contributed by atoms with van der Waals surface area (Å²) in [4.78, 5) is 0.0727. The van der Waals surface area contributed by atoms with Crippen molar-refractivity contribution in [3.8, 4) is 0 Å². The molecule has 0 atom stereocenters. The average Bonchev–Trinajstić information content (AvgIpc) is 3.13. The highest BCUT2D eigenvalue weighted by Crippen LogP contribution is 2.35. The van der Waals surface area contributed by atoms with Gasteiger partial charge in [0.25, 0.3) is 10.0 Å². The van der Waals surface area contributed by atoms with Crippen LogP contribution in [0.25, 0.3) is 0 Å². The molecule has 0 saturated carbocycles. The second-order valence-electron chi connectivity index (χ2n) is 7.04. The van der Waals surface area contributed by atoms with E-state index in [2.05, 4.69) is 0 Å². The Balaban J connectivity index is 1.67. The first-order chi connectivity index (χ1) is 13.3. The molecule has 2 aliphatic rings. The Hall–Kier alpha value is -1.97. The molecule has 6 nitrogen and oxygen atoms in total. The molecule has 2 aromatic rings. The van der Waals surface area contributed by atoms with E-state index in [1.54, 1.807) is 6.07 Å². The molecule has 0 bridgehead atoms. The minimum Gasteiger partial charge on any atom is -0.266 e.